The van der Waals surface area contributed by atoms with Gasteiger partial charge in [-0.1, -0.05) is 48.2 Å². The number of aryl methyl sites for hydroxylation is 1. The Hall–Kier alpha value is -1.93. The summed E-state index contributed by atoms with van der Waals surface area (Å²) in [4.78, 5) is 27.0. The minimum Gasteiger partial charge on any atom is -0.339 e. The summed E-state index contributed by atoms with van der Waals surface area (Å²) in [6, 6.07) is 7.62. The van der Waals surface area contributed by atoms with Crippen molar-refractivity contribution in [3.63, 3.8) is 0 Å². The maximum absolute atomic E-state index is 12.7. The molecule has 0 unspecified atom stereocenters. The largest absolute Gasteiger partial charge is 0.339 e. The molecule has 0 radical (unpaired) electrons. The highest BCUT2D eigenvalue weighted by Crippen LogP contribution is 2.27. The Labute approximate surface area is 161 Å². The number of nitrogens with one attached hydrogen (secondary N) is 1. The van der Waals surface area contributed by atoms with Gasteiger partial charge in [0.15, 0.2) is 4.34 Å². The first-order chi connectivity index (χ1) is 12.6. The third kappa shape index (κ3) is 4.42. The van der Waals surface area contributed by atoms with Crippen molar-refractivity contribution in [1.82, 2.24) is 15.1 Å². The van der Waals surface area contributed by atoms with Gasteiger partial charge in [0.2, 0.25) is 11.0 Å². The average Bonchev–Trinajstić information content (AvgIpc) is 3.09. The molecule has 1 N–H and O–H groups in total. The number of carbonyl (C=O) groups excluding carboxylic acids is 2. The van der Waals surface area contributed by atoms with Gasteiger partial charge in [0.25, 0.3) is 5.91 Å². The Morgan fingerprint density at radius 2 is 2.00 bits per heavy atom. The molecule has 1 aromatic heterocycles. The molecule has 1 aliphatic heterocycles. The van der Waals surface area contributed by atoms with Gasteiger partial charge in [0.1, 0.15) is 0 Å². The zero-order valence-electron chi connectivity index (χ0n) is 14.9. The molecule has 26 heavy (non-hydrogen) atoms. The van der Waals surface area contributed by atoms with Crippen LogP contribution in [-0.4, -0.2) is 45.8 Å². The minimum atomic E-state index is -0.0953. The number of rotatable bonds is 5. The molecule has 0 bridgehead atoms. The van der Waals surface area contributed by atoms with Crippen LogP contribution in [-0.2, 0) is 4.79 Å². The molecule has 1 aliphatic rings. The summed E-state index contributed by atoms with van der Waals surface area (Å²) >= 11 is 3.01. The van der Waals surface area contributed by atoms with E-state index in [-0.39, 0.29) is 17.7 Å². The fraction of sp³-hybridized carbons (Fsp3) is 0.444. The van der Waals surface area contributed by atoms with E-state index in [1.54, 1.807) is 11.8 Å². The topological polar surface area (TPSA) is 75.2 Å². The van der Waals surface area contributed by atoms with Crippen LogP contribution in [0.15, 0.2) is 28.6 Å². The molecule has 6 nitrogen and oxygen atoms in total. The highest BCUT2D eigenvalue weighted by molar-refractivity contribution is 8.01. The number of carbonyl (C=O) groups is 2. The van der Waals surface area contributed by atoms with E-state index in [4.69, 9.17) is 0 Å². The van der Waals surface area contributed by atoms with E-state index in [0.29, 0.717) is 31.1 Å². The van der Waals surface area contributed by atoms with E-state index < -0.39 is 0 Å². The molecule has 1 saturated heterocycles. The van der Waals surface area contributed by atoms with Crippen LogP contribution in [0, 0.1) is 12.8 Å². The number of anilines is 1. The predicted octanol–water partition coefficient (Wildman–Crippen LogP) is 3.45. The second kappa shape index (κ2) is 8.64. The van der Waals surface area contributed by atoms with Gasteiger partial charge in [0.05, 0.1) is 0 Å². The fourth-order valence-corrected chi connectivity index (χ4v) is 4.63. The summed E-state index contributed by atoms with van der Waals surface area (Å²) in [6.07, 6.45) is 1.33. The van der Waals surface area contributed by atoms with Crippen molar-refractivity contribution in [3.8, 4) is 0 Å². The number of hydrogen-bond donors (Lipinski definition) is 1. The molecule has 0 aliphatic carbocycles. The van der Waals surface area contributed by atoms with E-state index in [1.165, 1.54) is 11.3 Å². The van der Waals surface area contributed by atoms with Crippen LogP contribution in [0.5, 0.6) is 0 Å². The van der Waals surface area contributed by atoms with Gasteiger partial charge < -0.3 is 10.2 Å². The van der Waals surface area contributed by atoms with Gasteiger partial charge in [-0.15, -0.1) is 10.2 Å². The minimum absolute atomic E-state index is 0.0304. The molecule has 0 saturated carbocycles. The lowest BCUT2D eigenvalue weighted by atomic mass is 9.95. The van der Waals surface area contributed by atoms with Crippen LogP contribution < -0.4 is 5.32 Å². The number of amides is 2. The predicted molar refractivity (Wildman–Crippen MR) is 105 cm³/mol. The van der Waals surface area contributed by atoms with E-state index in [0.717, 1.165) is 21.2 Å². The SMILES string of the molecule is CCSc1nnc(NC(=O)C2CCN(C(=O)c3ccccc3C)CC2)s1. The molecule has 2 aromatic rings. The molecular weight excluding hydrogens is 368 g/mol. The lowest BCUT2D eigenvalue weighted by Gasteiger charge is -2.31. The van der Waals surface area contributed by atoms with Crippen molar-refractivity contribution < 1.29 is 9.59 Å². The monoisotopic (exact) mass is 390 g/mol. The number of piperidine rings is 1. The van der Waals surface area contributed by atoms with Crippen LogP contribution in [0.3, 0.4) is 0 Å². The zero-order valence-corrected chi connectivity index (χ0v) is 16.5. The standard InChI is InChI=1S/C18H22N4O2S2/c1-3-25-18-21-20-17(26-18)19-15(23)13-8-10-22(11-9-13)16(24)14-7-5-4-6-12(14)2/h4-7,13H,3,8-11H2,1-2H3,(H,19,20,23). The van der Waals surface area contributed by atoms with Gasteiger partial charge in [-0.2, -0.15) is 0 Å². The molecule has 138 valence electrons. The number of nitrogens with zero attached hydrogens (tertiary/aromatic N) is 3. The van der Waals surface area contributed by atoms with Crippen molar-refractivity contribution in [1.29, 1.82) is 0 Å². The van der Waals surface area contributed by atoms with Crippen LogP contribution in [0.2, 0.25) is 0 Å². The van der Waals surface area contributed by atoms with Crippen molar-refractivity contribution >= 4 is 40.0 Å². The second-order valence-electron chi connectivity index (χ2n) is 6.18. The first kappa shape index (κ1) is 18.8. The van der Waals surface area contributed by atoms with Crippen molar-refractivity contribution in [2.24, 2.45) is 5.92 Å². The number of likely N-dealkylation sites (tertiary alicyclic amines) is 1. The van der Waals surface area contributed by atoms with Crippen LogP contribution in [0.4, 0.5) is 5.13 Å². The van der Waals surface area contributed by atoms with Gasteiger partial charge in [-0.05, 0) is 37.1 Å². The smallest absolute Gasteiger partial charge is 0.254 e. The van der Waals surface area contributed by atoms with E-state index >= 15 is 0 Å². The highest BCUT2D eigenvalue weighted by atomic mass is 32.2. The average molecular weight is 391 g/mol. The van der Waals surface area contributed by atoms with E-state index in [2.05, 4.69) is 22.4 Å². The summed E-state index contributed by atoms with van der Waals surface area (Å²) in [5.74, 6) is 0.849. The summed E-state index contributed by atoms with van der Waals surface area (Å²) in [5, 5.41) is 11.5. The van der Waals surface area contributed by atoms with E-state index in [9.17, 15) is 9.59 Å². The molecular formula is C18H22N4O2S2. The number of benzene rings is 1. The normalized spacial score (nSPS) is 15.1. The molecule has 3 rings (SSSR count). The van der Waals surface area contributed by atoms with Crippen molar-refractivity contribution in [2.45, 2.75) is 31.0 Å². The Morgan fingerprint density at radius 1 is 1.27 bits per heavy atom. The summed E-state index contributed by atoms with van der Waals surface area (Å²) < 4.78 is 0.862. The van der Waals surface area contributed by atoms with Gasteiger partial charge in [0, 0.05) is 24.6 Å². The van der Waals surface area contributed by atoms with Crippen LogP contribution >= 0.6 is 23.1 Å². The summed E-state index contributed by atoms with van der Waals surface area (Å²) in [5.41, 5.74) is 1.72. The molecule has 0 spiro atoms. The van der Waals surface area contributed by atoms with Crippen molar-refractivity contribution in [3.05, 3.63) is 35.4 Å². The van der Waals surface area contributed by atoms with Crippen molar-refractivity contribution in [2.75, 3.05) is 24.2 Å². The Morgan fingerprint density at radius 3 is 2.69 bits per heavy atom. The lowest BCUT2D eigenvalue weighted by Crippen LogP contribution is -2.41. The number of thioether (sulfide) groups is 1. The Bertz CT molecular complexity index is 785. The zero-order chi connectivity index (χ0) is 18.5. The molecule has 2 heterocycles. The maximum atomic E-state index is 12.7. The number of hydrogen-bond acceptors (Lipinski definition) is 6. The second-order valence-corrected chi connectivity index (χ2v) is 8.67. The molecule has 1 fully saturated rings. The molecule has 0 atom stereocenters. The van der Waals surface area contributed by atoms with Crippen LogP contribution in [0.1, 0.15) is 35.7 Å². The Kier molecular flexibility index (Phi) is 6.26. The fourth-order valence-electron chi connectivity index (χ4n) is 2.98. The van der Waals surface area contributed by atoms with Gasteiger partial charge in [-0.25, -0.2) is 0 Å². The molecule has 1 aromatic carbocycles. The summed E-state index contributed by atoms with van der Waals surface area (Å²) in [7, 11) is 0. The first-order valence-corrected chi connectivity index (χ1v) is 10.5. The first-order valence-electron chi connectivity index (χ1n) is 8.70. The van der Waals surface area contributed by atoms with Crippen LogP contribution in [0.25, 0.3) is 0 Å². The third-order valence-corrected chi connectivity index (χ3v) is 6.29. The summed E-state index contributed by atoms with van der Waals surface area (Å²) in [6.45, 7) is 5.19. The highest BCUT2D eigenvalue weighted by Gasteiger charge is 2.28. The lowest BCUT2D eigenvalue weighted by molar-refractivity contribution is -0.121. The number of aromatic nitrogens is 2. The third-order valence-electron chi connectivity index (χ3n) is 4.43. The maximum Gasteiger partial charge on any atom is 0.254 e. The Balaban J connectivity index is 1.53. The van der Waals surface area contributed by atoms with Gasteiger partial charge in [-0.3, -0.25) is 9.59 Å². The molecule has 2 amide bonds. The van der Waals surface area contributed by atoms with E-state index in [1.807, 2.05) is 36.1 Å². The molecule has 8 heteroatoms. The quantitative estimate of drug-likeness (QED) is 0.625. The van der Waals surface area contributed by atoms with Gasteiger partial charge >= 0.3 is 0 Å².